The van der Waals surface area contributed by atoms with Gasteiger partial charge in [0.2, 0.25) is 0 Å². The maximum absolute atomic E-state index is 12.7. The third-order valence-corrected chi connectivity index (χ3v) is 5.44. The molecular formula is C21H23F3N2O2. The summed E-state index contributed by atoms with van der Waals surface area (Å²) >= 11 is 0. The van der Waals surface area contributed by atoms with Gasteiger partial charge in [0, 0.05) is 0 Å². The lowest BCUT2D eigenvalue weighted by Crippen LogP contribution is -2.37. The molecule has 0 radical (unpaired) electrons. The van der Waals surface area contributed by atoms with E-state index in [0.717, 1.165) is 43.4 Å². The second-order valence-electron chi connectivity index (χ2n) is 7.49. The van der Waals surface area contributed by atoms with Crippen molar-refractivity contribution in [1.29, 1.82) is 0 Å². The third-order valence-electron chi connectivity index (χ3n) is 5.44. The van der Waals surface area contributed by atoms with Crippen molar-refractivity contribution in [1.82, 2.24) is 10.3 Å². The number of hydrogen-bond acceptors (Lipinski definition) is 2. The fourth-order valence-electron chi connectivity index (χ4n) is 3.79. The number of pyridine rings is 1. The van der Waals surface area contributed by atoms with Gasteiger partial charge in [-0.15, -0.1) is 0 Å². The summed E-state index contributed by atoms with van der Waals surface area (Å²) < 4.78 is 38.2. The zero-order chi connectivity index (χ0) is 20.3. The van der Waals surface area contributed by atoms with Crippen LogP contribution in [0.15, 0.2) is 47.3 Å². The third kappa shape index (κ3) is 4.64. The van der Waals surface area contributed by atoms with E-state index >= 15 is 0 Å². The van der Waals surface area contributed by atoms with Crippen LogP contribution in [0, 0.1) is 11.8 Å². The van der Waals surface area contributed by atoms with E-state index in [4.69, 9.17) is 0 Å². The molecule has 1 aromatic heterocycles. The van der Waals surface area contributed by atoms with Gasteiger partial charge in [-0.1, -0.05) is 50.1 Å². The van der Waals surface area contributed by atoms with E-state index in [1.165, 1.54) is 0 Å². The molecule has 1 amide bonds. The van der Waals surface area contributed by atoms with E-state index in [1.807, 2.05) is 30.3 Å². The van der Waals surface area contributed by atoms with Crippen LogP contribution in [0.1, 0.15) is 60.3 Å². The topological polar surface area (TPSA) is 62.0 Å². The first-order chi connectivity index (χ1) is 13.3. The summed E-state index contributed by atoms with van der Waals surface area (Å²) in [4.78, 5) is 26.5. The monoisotopic (exact) mass is 392 g/mol. The van der Waals surface area contributed by atoms with Crippen LogP contribution in [-0.2, 0) is 6.18 Å². The lowest BCUT2D eigenvalue weighted by molar-refractivity contribution is -0.141. The maximum Gasteiger partial charge on any atom is 0.431 e. The van der Waals surface area contributed by atoms with E-state index in [2.05, 4.69) is 12.2 Å². The lowest BCUT2D eigenvalue weighted by atomic mass is 9.77. The van der Waals surface area contributed by atoms with Gasteiger partial charge in [-0.2, -0.15) is 13.2 Å². The first kappa shape index (κ1) is 20.2. The number of aromatic amines is 1. The van der Waals surface area contributed by atoms with Crippen LogP contribution in [0.4, 0.5) is 13.2 Å². The second-order valence-corrected chi connectivity index (χ2v) is 7.49. The number of halogens is 3. The Bertz CT molecular complexity index is 869. The van der Waals surface area contributed by atoms with E-state index in [1.54, 1.807) is 4.98 Å². The highest BCUT2D eigenvalue weighted by Gasteiger charge is 2.33. The molecule has 2 aromatic rings. The quantitative estimate of drug-likeness (QED) is 0.793. The fourth-order valence-corrected chi connectivity index (χ4v) is 3.79. The Morgan fingerprint density at radius 3 is 2.29 bits per heavy atom. The molecule has 1 aliphatic rings. The van der Waals surface area contributed by atoms with Gasteiger partial charge in [0.1, 0.15) is 11.3 Å². The highest BCUT2D eigenvalue weighted by molar-refractivity contribution is 5.94. The summed E-state index contributed by atoms with van der Waals surface area (Å²) in [5.41, 5.74) is -1.61. The summed E-state index contributed by atoms with van der Waals surface area (Å²) in [6.07, 6.45) is -0.649. The van der Waals surface area contributed by atoms with Gasteiger partial charge in [-0.25, -0.2) is 0 Å². The van der Waals surface area contributed by atoms with E-state index < -0.39 is 23.3 Å². The van der Waals surface area contributed by atoms with Gasteiger partial charge >= 0.3 is 6.18 Å². The van der Waals surface area contributed by atoms with Crippen LogP contribution in [0.5, 0.6) is 0 Å². The Morgan fingerprint density at radius 2 is 1.71 bits per heavy atom. The zero-order valence-corrected chi connectivity index (χ0v) is 15.6. The molecule has 1 saturated carbocycles. The van der Waals surface area contributed by atoms with Gasteiger partial charge in [0.25, 0.3) is 11.5 Å². The molecule has 28 heavy (non-hydrogen) atoms. The SMILES string of the molecule is CC1CCC(C(NC(=O)c2ccc(C(F)(F)F)[nH]c2=O)c2ccccc2)CC1. The number of carbonyl (C=O) groups excluding carboxylic acids is 1. The summed E-state index contributed by atoms with van der Waals surface area (Å²) in [7, 11) is 0. The Morgan fingerprint density at radius 1 is 1.07 bits per heavy atom. The molecule has 1 unspecified atom stereocenters. The van der Waals surface area contributed by atoms with E-state index in [0.29, 0.717) is 5.92 Å². The van der Waals surface area contributed by atoms with Crippen molar-refractivity contribution in [2.75, 3.05) is 0 Å². The van der Waals surface area contributed by atoms with Crippen LogP contribution in [-0.4, -0.2) is 10.9 Å². The van der Waals surface area contributed by atoms with Crippen molar-refractivity contribution >= 4 is 5.91 Å². The smallest absolute Gasteiger partial charge is 0.345 e. The number of alkyl halides is 3. The fraction of sp³-hybridized carbons (Fsp3) is 0.429. The number of carbonyl (C=O) groups is 1. The summed E-state index contributed by atoms with van der Waals surface area (Å²) in [6.45, 7) is 2.20. The minimum absolute atomic E-state index is 0.219. The Balaban J connectivity index is 1.84. The molecule has 0 bridgehead atoms. The lowest BCUT2D eigenvalue weighted by Gasteiger charge is -2.33. The van der Waals surface area contributed by atoms with Crippen LogP contribution in [0.25, 0.3) is 0 Å². The molecule has 1 aromatic carbocycles. The number of hydrogen-bond donors (Lipinski definition) is 2. The molecule has 1 heterocycles. The second kappa shape index (κ2) is 8.20. The number of aromatic nitrogens is 1. The standard InChI is InChI=1S/C21H23F3N2O2/c1-13-7-9-15(10-8-13)18(14-5-3-2-4-6-14)26-20(28)16-11-12-17(21(22,23)24)25-19(16)27/h2-6,11-13,15,18H,7-10H2,1H3,(H,25,27)(H,26,28). The summed E-state index contributed by atoms with van der Waals surface area (Å²) in [6, 6.07) is 10.8. The first-order valence-corrected chi connectivity index (χ1v) is 9.42. The van der Waals surface area contributed by atoms with Crippen molar-refractivity contribution in [2.24, 2.45) is 11.8 Å². The Labute approximate surface area is 161 Å². The van der Waals surface area contributed by atoms with Gasteiger partial charge < -0.3 is 10.3 Å². The molecule has 7 heteroatoms. The molecule has 2 N–H and O–H groups in total. The number of amides is 1. The number of benzene rings is 1. The number of rotatable bonds is 4. The average Bonchev–Trinajstić information content (AvgIpc) is 2.66. The highest BCUT2D eigenvalue weighted by atomic mass is 19.4. The van der Waals surface area contributed by atoms with Gasteiger partial charge in [-0.05, 0) is 42.4 Å². The van der Waals surface area contributed by atoms with Crippen LogP contribution >= 0.6 is 0 Å². The first-order valence-electron chi connectivity index (χ1n) is 9.42. The summed E-state index contributed by atoms with van der Waals surface area (Å²) in [5.74, 6) is 0.194. The maximum atomic E-state index is 12.7. The normalized spacial score (nSPS) is 21.1. The van der Waals surface area contributed by atoms with Gasteiger partial charge in [0.15, 0.2) is 0 Å². The molecule has 1 atom stereocenters. The Hall–Kier alpha value is -2.57. The summed E-state index contributed by atoms with van der Waals surface area (Å²) in [5, 5.41) is 2.89. The molecule has 150 valence electrons. The van der Waals surface area contributed by atoms with Crippen molar-refractivity contribution < 1.29 is 18.0 Å². The van der Waals surface area contributed by atoms with Crippen molar-refractivity contribution in [3.63, 3.8) is 0 Å². The van der Waals surface area contributed by atoms with Crippen molar-refractivity contribution in [3.8, 4) is 0 Å². The molecule has 1 fully saturated rings. The van der Waals surface area contributed by atoms with Gasteiger partial charge in [-0.3, -0.25) is 9.59 Å². The molecular weight excluding hydrogens is 369 g/mol. The van der Waals surface area contributed by atoms with E-state index in [9.17, 15) is 22.8 Å². The number of nitrogens with one attached hydrogen (secondary N) is 2. The van der Waals surface area contributed by atoms with E-state index in [-0.39, 0.29) is 17.5 Å². The average molecular weight is 392 g/mol. The van der Waals surface area contributed by atoms with Crippen molar-refractivity contribution in [2.45, 2.75) is 44.8 Å². The minimum Gasteiger partial charge on any atom is -0.345 e. The molecule has 4 nitrogen and oxygen atoms in total. The number of H-pyrrole nitrogens is 1. The predicted molar refractivity (Wildman–Crippen MR) is 99.8 cm³/mol. The zero-order valence-electron chi connectivity index (χ0n) is 15.6. The van der Waals surface area contributed by atoms with Crippen molar-refractivity contribution in [3.05, 3.63) is 69.6 Å². The molecule has 1 aliphatic carbocycles. The predicted octanol–water partition coefficient (Wildman–Crippen LogP) is 4.69. The minimum atomic E-state index is -4.67. The molecule has 0 aliphatic heterocycles. The van der Waals surface area contributed by atoms with Crippen LogP contribution < -0.4 is 10.9 Å². The molecule has 0 spiro atoms. The Kier molecular flexibility index (Phi) is 5.91. The highest BCUT2D eigenvalue weighted by Crippen LogP contribution is 2.37. The largest absolute Gasteiger partial charge is 0.431 e. The van der Waals surface area contributed by atoms with Crippen LogP contribution in [0.3, 0.4) is 0 Å². The van der Waals surface area contributed by atoms with Crippen LogP contribution in [0.2, 0.25) is 0 Å². The molecule has 3 rings (SSSR count). The molecule has 0 saturated heterocycles. The van der Waals surface area contributed by atoms with Gasteiger partial charge in [0.05, 0.1) is 6.04 Å².